The molecule has 1 fully saturated rings. The fourth-order valence-electron chi connectivity index (χ4n) is 1.80. The van der Waals surface area contributed by atoms with E-state index in [1.165, 1.54) is 5.56 Å². The molecule has 0 radical (unpaired) electrons. The van der Waals surface area contributed by atoms with Gasteiger partial charge < -0.3 is 10.2 Å². The molecule has 0 bridgehead atoms. The number of nitrogens with one attached hydrogen (secondary N) is 1. The van der Waals surface area contributed by atoms with E-state index in [4.69, 9.17) is 0 Å². The van der Waals surface area contributed by atoms with Crippen molar-refractivity contribution in [2.45, 2.75) is 44.8 Å². The van der Waals surface area contributed by atoms with E-state index in [9.17, 15) is 4.79 Å². The van der Waals surface area contributed by atoms with Crippen LogP contribution in [-0.2, 0) is 11.3 Å². The van der Waals surface area contributed by atoms with Crippen molar-refractivity contribution in [1.82, 2.24) is 10.2 Å². The number of likely N-dealkylation sites (N-methyl/N-ethyl adjacent to an activating group) is 1. The zero-order valence-electron chi connectivity index (χ0n) is 10.7. The summed E-state index contributed by atoms with van der Waals surface area (Å²) in [6, 6.07) is 2.55. The summed E-state index contributed by atoms with van der Waals surface area (Å²) in [5.74, 6) is 0.203. The molecule has 0 atom stereocenters. The number of carbonyl (C=O) groups is 1. The molecule has 0 saturated heterocycles. The SMILES string of the molecule is CNC(C)(C)C(=O)N(Cc1ccsc1)C1CC1. The third-order valence-corrected chi connectivity index (χ3v) is 4.07. The maximum Gasteiger partial charge on any atom is 0.242 e. The minimum absolute atomic E-state index is 0.203. The molecule has 0 aliphatic heterocycles. The lowest BCUT2D eigenvalue weighted by Gasteiger charge is -2.31. The summed E-state index contributed by atoms with van der Waals surface area (Å²) in [5, 5.41) is 7.28. The third kappa shape index (κ3) is 2.87. The number of hydrogen-bond donors (Lipinski definition) is 1. The standard InChI is InChI=1S/C13H20N2OS/c1-13(2,14-3)12(16)15(11-4-5-11)8-10-6-7-17-9-10/h6-7,9,11,14H,4-5,8H2,1-3H3. The maximum absolute atomic E-state index is 12.5. The van der Waals surface area contributed by atoms with Gasteiger partial charge in [0.15, 0.2) is 0 Å². The number of rotatable bonds is 5. The van der Waals surface area contributed by atoms with Crippen LogP contribution < -0.4 is 5.32 Å². The third-order valence-electron chi connectivity index (χ3n) is 3.34. The van der Waals surface area contributed by atoms with Crippen LogP contribution in [-0.4, -0.2) is 29.4 Å². The lowest BCUT2D eigenvalue weighted by molar-refractivity contribution is -0.138. The van der Waals surface area contributed by atoms with Gasteiger partial charge in [-0.15, -0.1) is 0 Å². The van der Waals surface area contributed by atoms with Crippen LogP contribution in [0, 0.1) is 0 Å². The molecule has 1 saturated carbocycles. The predicted octanol–water partition coefficient (Wildman–Crippen LogP) is 2.24. The molecule has 94 valence electrons. The van der Waals surface area contributed by atoms with Gasteiger partial charge in [0.1, 0.15) is 0 Å². The van der Waals surface area contributed by atoms with Crippen LogP contribution in [0.15, 0.2) is 16.8 Å². The number of hydrogen-bond acceptors (Lipinski definition) is 3. The normalized spacial score (nSPS) is 15.9. The second-order valence-corrected chi connectivity index (χ2v) is 5.95. The van der Waals surface area contributed by atoms with Gasteiger partial charge in [0.05, 0.1) is 5.54 Å². The second kappa shape index (κ2) is 4.78. The Kier molecular flexibility index (Phi) is 3.54. The Morgan fingerprint density at radius 1 is 1.59 bits per heavy atom. The van der Waals surface area contributed by atoms with Crippen LogP contribution in [0.2, 0.25) is 0 Å². The second-order valence-electron chi connectivity index (χ2n) is 5.17. The Bertz CT molecular complexity index is 382. The van der Waals surface area contributed by atoms with Gasteiger partial charge in [-0.3, -0.25) is 4.79 Å². The van der Waals surface area contributed by atoms with Crippen molar-refractivity contribution in [3.8, 4) is 0 Å². The fourth-order valence-corrected chi connectivity index (χ4v) is 2.46. The first-order valence-corrected chi connectivity index (χ1v) is 7.00. The number of nitrogens with zero attached hydrogens (tertiary/aromatic N) is 1. The van der Waals surface area contributed by atoms with E-state index < -0.39 is 5.54 Å². The van der Waals surface area contributed by atoms with E-state index in [0.717, 1.165) is 19.4 Å². The molecule has 1 amide bonds. The van der Waals surface area contributed by atoms with Crippen LogP contribution >= 0.6 is 11.3 Å². The maximum atomic E-state index is 12.5. The summed E-state index contributed by atoms with van der Waals surface area (Å²) in [7, 11) is 1.84. The smallest absolute Gasteiger partial charge is 0.242 e. The van der Waals surface area contributed by atoms with Gasteiger partial charge in [0.25, 0.3) is 0 Å². The van der Waals surface area contributed by atoms with E-state index in [1.54, 1.807) is 11.3 Å². The number of thiophene rings is 1. The molecule has 0 spiro atoms. The molecule has 1 heterocycles. The molecule has 0 aromatic carbocycles. The molecule has 2 rings (SSSR count). The van der Waals surface area contributed by atoms with Gasteiger partial charge in [-0.2, -0.15) is 11.3 Å². The van der Waals surface area contributed by atoms with Crippen molar-refractivity contribution < 1.29 is 4.79 Å². The number of amides is 1. The summed E-state index contributed by atoms with van der Waals surface area (Å²) in [4.78, 5) is 14.5. The zero-order chi connectivity index (χ0) is 12.5. The van der Waals surface area contributed by atoms with E-state index in [-0.39, 0.29) is 5.91 Å². The molecule has 1 aliphatic rings. The first-order valence-electron chi connectivity index (χ1n) is 6.05. The molecule has 4 heteroatoms. The Balaban J connectivity index is 2.10. The van der Waals surface area contributed by atoms with E-state index in [1.807, 2.05) is 25.8 Å². The summed E-state index contributed by atoms with van der Waals surface area (Å²) in [5.41, 5.74) is 0.765. The Morgan fingerprint density at radius 3 is 2.76 bits per heavy atom. The monoisotopic (exact) mass is 252 g/mol. The highest BCUT2D eigenvalue weighted by atomic mass is 32.1. The molecule has 17 heavy (non-hydrogen) atoms. The van der Waals surface area contributed by atoms with E-state index >= 15 is 0 Å². The average molecular weight is 252 g/mol. The minimum atomic E-state index is -0.474. The van der Waals surface area contributed by atoms with Gasteiger partial charge in [-0.25, -0.2) is 0 Å². The molecule has 3 nitrogen and oxygen atoms in total. The van der Waals surface area contributed by atoms with Crippen LogP contribution in [0.1, 0.15) is 32.3 Å². The molecule has 1 aromatic rings. The summed E-state index contributed by atoms with van der Waals surface area (Å²) in [6.45, 7) is 4.63. The van der Waals surface area contributed by atoms with Gasteiger partial charge in [-0.05, 0) is 56.1 Å². The highest BCUT2D eigenvalue weighted by molar-refractivity contribution is 7.07. The van der Waals surface area contributed by atoms with Crippen molar-refractivity contribution >= 4 is 17.2 Å². The van der Waals surface area contributed by atoms with Crippen LogP contribution in [0.4, 0.5) is 0 Å². The van der Waals surface area contributed by atoms with E-state index in [2.05, 4.69) is 22.1 Å². The summed E-state index contributed by atoms with van der Waals surface area (Å²) in [6.07, 6.45) is 2.30. The van der Waals surface area contributed by atoms with Crippen molar-refractivity contribution in [3.63, 3.8) is 0 Å². The van der Waals surface area contributed by atoms with Crippen molar-refractivity contribution in [2.75, 3.05) is 7.05 Å². The van der Waals surface area contributed by atoms with E-state index in [0.29, 0.717) is 6.04 Å². The highest BCUT2D eigenvalue weighted by Crippen LogP contribution is 2.30. The molecular weight excluding hydrogens is 232 g/mol. The highest BCUT2D eigenvalue weighted by Gasteiger charge is 2.38. The lowest BCUT2D eigenvalue weighted by Crippen LogP contribution is -2.53. The predicted molar refractivity (Wildman–Crippen MR) is 71.0 cm³/mol. The largest absolute Gasteiger partial charge is 0.334 e. The number of carbonyl (C=O) groups excluding carboxylic acids is 1. The quantitative estimate of drug-likeness (QED) is 0.871. The molecule has 0 unspecified atom stereocenters. The molecule has 1 aromatic heterocycles. The topological polar surface area (TPSA) is 32.3 Å². The minimum Gasteiger partial charge on any atom is -0.334 e. The first-order chi connectivity index (χ1) is 8.04. The Labute approximate surface area is 107 Å². The average Bonchev–Trinajstić information content (AvgIpc) is 3.03. The van der Waals surface area contributed by atoms with Gasteiger partial charge in [0.2, 0.25) is 5.91 Å². The van der Waals surface area contributed by atoms with Crippen LogP contribution in [0.5, 0.6) is 0 Å². The van der Waals surface area contributed by atoms with Crippen molar-refractivity contribution in [3.05, 3.63) is 22.4 Å². The molecular formula is C13H20N2OS. The van der Waals surface area contributed by atoms with Gasteiger partial charge in [-0.1, -0.05) is 0 Å². The fraction of sp³-hybridized carbons (Fsp3) is 0.615. The zero-order valence-corrected chi connectivity index (χ0v) is 11.5. The first kappa shape index (κ1) is 12.6. The van der Waals surface area contributed by atoms with Gasteiger partial charge >= 0.3 is 0 Å². The van der Waals surface area contributed by atoms with Crippen LogP contribution in [0.25, 0.3) is 0 Å². The van der Waals surface area contributed by atoms with Crippen LogP contribution in [0.3, 0.4) is 0 Å². The van der Waals surface area contributed by atoms with Gasteiger partial charge in [0, 0.05) is 12.6 Å². The summed E-state index contributed by atoms with van der Waals surface area (Å²) >= 11 is 1.69. The Hall–Kier alpha value is -0.870. The molecule has 1 aliphatic carbocycles. The summed E-state index contributed by atoms with van der Waals surface area (Å²) < 4.78 is 0. The van der Waals surface area contributed by atoms with Crippen molar-refractivity contribution in [2.24, 2.45) is 0 Å². The Morgan fingerprint density at radius 2 is 2.29 bits per heavy atom. The lowest BCUT2D eigenvalue weighted by atomic mass is 10.0. The molecule has 1 N–H and O–H groups in total. The van der Waals surface area contributed by atoms with Crippen molar-refractivity contribution in [1.29, 1.82) is 0 Å².